The lowest BCUT2D eigenvalue weighted by molar-refractivity contribution is -0.115. The van der Waals surface area contributed by atoms with Crippen LogP contribution in [0, 0.1) is 0 Å². The second kappa shape index (κ2) is 7.36. The molecule has 5 heteroatoms. The first-order valence-electron chi connectivity index (χ1n) is 6.50. The van der Waals surface area contributed by atoms with Crippen molar-refractivity contribution in [2.45, 2.75) is 24.3 Å². The van der Waals surface area contributed by atoms with E-state index >= 15 is 0 Å². The Morgan fingerprint density at radius 3 is 2.80 bits per heavy atom. The summed E-state index contributed by atoms with van der Waals surface area (Å²) in [6, 6.07) is 12.5. The average molecular weight is 306 g/mol. The lowest BCUT2D eigenvalue weighted by Crippen LogP contribution is -2.13. The first-order valence-corrected chi connectivity index (χ1v) is 8.37. The maximum atomic E-state index is 10.9. The van der Waals surface area contributed by atoms with Crippen LogP contribution in [0.4, 0.5) is 5.69 Å². The molecule has 2 aromatic rings. The number of hydrogen-bond donors (Lipinski definition) is 2. The monoisotopic (exact) mass is 306 g/mol. The summed E-state index contributed by atoms with van der Waals surface area (Å²) in [5.74, 6) is 0.00388. The van der Waals surface area contributed by atoms with Crippen molar-refractivity contribution in [2.75, 3.05) is 11.1 Å². The summed E-state index contributed by atoms with van der Waals surface area (Å²) < 4.78 is 0. The molecule has 1 atom stereocenters. The van der Waals surface area contributed by atoms with E-state index in [1.807, 2.05) is 24.3 Å². The van der Waals surface area contributed by atoms with Crippen LogP contribution in [0.2, 0.25) is 0 Å². The molecule has 0 radical (unpaired) electrons. The molecule has 1 unspecified atom stereocenters. The molecular weight excluding hydrogens is 288 g/mol. The molecule has 0 spiro atoms. The highest BCUT2D eigenvalue weighted by molar-refractivity contribution is 8.00. The second-order valence-corrected chi connectivity index (χ2v) is 6.37. The maximum Gasteiger partial charge on any atom is 0.227 e. The number of carbonyl (C=O) groups excluding carboxylic acids is 1. The molecule has 0 saturated carbocycles. The van der Waals surface area contributed by atoms with Crippen LogP contribution in [0.15, 0.2) is 46.7 Å². The summed E-state index contributed by atoms with van der Waals surface area (Å²) in [6.45, 7) is 2.16. The van der Waals surface area contributed by atoms with E-state index in [1.54, 1.807) is 11.3 Å². The van der Waals surface area contributed by atoms with Crippen molar-refractivity contribution in [1.82, 2.24) is 0 Å². The molecule has 0 saturated heterocycles. The first-order chi connectivity index (χ1) is 9.70. The molecule has 1 aromatic heterocycles. The van der Waals surface area contributed by atoms with Crippen molar-refractivity contribution in [3.8, 4) is 0 Å². The second-order valence-electron chi connectivity index (χ2n) is 4.37. The molecule has 106 valence electrons. The fourth-order valence-corrected chi connectivity index (χ4v) is 3.53. The average Bonchev–Trinajstić information content (AvgIpc) is 2.97. The van der Waals surface area contributed by atoms with Gasteiger partial charge in [-0.25, -0.2) is 0 Å². The number of amides is 1. The third kappa shape index (κ3) is 4.02. The van der Waals surface area contributed by atoms with Gasteiger partial charge >= 0.3 is 0 Å². The molecule has 1 amide bonds. The van der Waals surface area contributed by atoms with Crippen LogP contribution in [0.1, 0.15) is 24.3 Å². The van der Waals surface area contributed by atoms with Gasteiger partial charge in [-0.05, 0) is 30.0 Å². The van der Waals surface area contributed by atoms with E-state index in [4.69, 9.17) is 5.73 Å². The van der Waals surface area contributed by atoms with Crippen molar-refractivity contribution in [2.24, 2.45) is 5.73 Å². The Kier molecular flexibility index (Phi) is 5.49. The Hall–Kier alpha value is -1.46. The number of nitrogens with two attached hydrogens (primary N) is 1. The standard InChI is InChI=1S/C15H18N2OS2/c1-2-11(13-8-5-9-19-13)17-12-6-3-4-7-14(12)20-10-15(16)18/h3-9,11,17H,2,10H2,1H3,(H2,16,18). The van der Waals surface area contributed by atoms with Crippen LogP contribution in [0.25, 0.3) is 0 Å². The van der Waals surface area contributed by atoms with Crippen LogP contribution >= 0.6 is 23.1 Å². The maximum absolute atomic E-state index is 10.9. The van der Waals surface area contributed by atoms with Crippen LogP contribution in [0.3, 0.4) is 0 Å². The van der Waals surface area contributed by atoms with Crippen molar-refractivity contribution < 1.29 is 4.79 Å². The molecule has 3 N–H and O–H groups in total. The van der Waals surface area contributed by atoms with E-state index in [0.29, 0.717) is 11.8 Å². The van der Waals surface area contributed by atoms with Gasteiger partial charge in [0.25, 0.3) is 0 Å². The predicted molar refractivity (Wildman–Crippen MR) is 87.3 cm³/mol. The van der Waals surface area contributed by atoms with Crippen molar-refractivity contribution >= 4 is 34.7 Å². The van der Waals surface area contributed by atoms with Crippen LogP contribution < -0.4 is 11.1 Å². The van der Waals surface area contributed by atoms with Gasteiger partial charge in [-0.1, -0.05) is 25.1 Å². The van der Waals surface area contributed by atoms with E-state index in [1.165, 1.54) is 16.6 Å². The zero-order valence-electron chi connectivity index (χ0n) is 11.3. The van der Waals surface area contributed by atoms with E-state index in [9.17, 15) is 4.79 Å². The third-order valence-electron chi connectivity index (χ3n) is 2.88. The highest BCUT2D eigenvalue weighted by Crippen LogP contribution is 2.32. The number of thiophene rings is 1. The molecule has 3 nitrogen and oxygen atoms in total. The van der Waals surface area contributed by atoms with E-state index in [2.05, 4.69) is 29.8 Å². The fraction of sp³-hybridized carbons (Fsp3) is 0.267. The van der Waals surface area contributed by atoms with Gasteiger partial charge in [0, 0.05) is 15.5 Å². The Bertz CT molecular complexity index is 555. The molecule has 20 heavy (non-hydrogen) atoms. The number of rotatable bonds is 7. The molecule has 0 fully saturated rings. The Balaban J connectivity index is 2.13. The molecule has 0 aliphatic heterocycles. The lowest BCUT2D eigenvalue weighted by Gasteiger charge is -2.19. The molecule has 1 heterocycles. The quantitative estimate of drug-likeness (QED) is 0.763. The van der Waals surface area contributed by atoms with Crippen molar-refractivity contribution in [1.29, 1.82) is 0 Å². The molecule has 1 aromatic carbocycles. The molecule has 0 bridgehead atoms. The summed E-state index contributed by atoms with van der Waals surface area (Å²) in [7, 11) is 0. The number of thioether (sulfide) groups is 1. The minimum atomic E-state index is -0.296. The van der Waals surface area contributed by atoms with Gasteiger partial charge in [0.2, 0.25) is 5.91 Å². The molecule has 0 aliphatic rings. The van der Waals surface area contributed by atoms with Crippen molar-refractivity contribution in [3.05, 3.63) is 46.7 Å². The lowest BCUT2D eigenvalue weighted by atomic mass is 10.1. The summed E-state index contributed by atoms with van der Waals surface area (Å²) in [4.78, 5) is 13.3. The molecular formula is C15H18N2OS2. The van der Waals surface area contributed by atoms with Gasteiger partial charge < -0.3 is 11.1 Å². The Morgan fingerprint density at radius 2 is 2.15 bits per heavy atom. The van der Waals surface area contributed by atoms with Gasteiger partial charge in [-0.15, -0.1) is 23.1 Å². The normalized spacial score (nSPS) is 12.1. The van der Waals surface area contributed by atoms with Crippen molar-refractivity contribution in [3.63, 3.8) is 0 Å². The fourth-order valence-electron chi connectivity index (χ4n) is 1.91. The largest absolute Gasteiger partial charge is 0.377 e. The predicted octanol–water partition coefficient (Wildman–Crippen LogP) is 3.89. The zero-order chi connectivity index (χ0) is 14.4. The Morgan fingerprint density at radius 1 is 1.35 bits per heavy atom. The topological polar surface area (TPSA) is 55.1 Å². The van der Waals surface area contributed by atoms with E-state index in [0.717, 1.165) is 17.0 Å². The number of benzene rings is 1. The number of hydrogen-bond acceptors (Lipinski definition) is 4. The summed E-state index contributed by atoms with van der Waals surface area (Å²) >= 11 is 3.23. The third-order valence-corrected chi connectivity index (χ3v) is 4.96. The van der Waals surface area contributed by atoms with Crippen LogP contribution in [-0.2, 0) is 4.79 Å². The number of nitrogens with one attached hydrogen (secondary N) is 1. The van der Waals surface area contributed by atoms with E-state index < -0.39 is 0 Å². The van der Waals surface area contributed by atoms with Crippen LogP contribution in [0.5, 0.6) is 0 Å². The summed E-state index contributed by atoms with van der Waals surface area (Å²) in [5, 5.41) is 5.65. The minimum Gasteiger partial charge on any atom is -0.377 e. The number of carbonyl (C=O) groups is 1. The zero-order valence-corrected chi connectivity index (χ0v) is 13.0. The van der Waals surface area contributed by atoms with Gasteiger partial charge in [0.05, 0.1) is 11.8 Å². The highest BCUT2D eigenvalue weighted by Gasteiger charge is 2.12. The van der Waals surface area contributed by atoms with Gasteiger partial charge in [-0.2, -0.15) is 0 Å². The smallest absolute Gasteiger partial charge is 0.227 e. The van der Waals surface area contributed by atoms with Gasteiger partial charge in [0.1, 0.15) is 0 Å². The van der Waals surface area contributed by atoms with E-state index in [-0.39, 0.29) is 5.91 Å². The minimum absolute atomic E-state index is 0.296. The Labute approximate surface area is 127 Å². The van der Waals surface area contributed by atoms with Gasteiger partial charge in [0.15, 0.2) is 0 Å². The molecule has 2 rings (SSSR count). The first kappa shape index (κ1) is 14.9. The number of para-hydroxylation sites is 1. The number of anilines is 1. The highest BCUT2D eigenvalue weighted by atomic mass is 32.2. The molecule has 0 aliphatic carbocycles. The number of primary amides is 1. The van der Waals surface area contributed by atoms with Gasteiger partial charge in [-0.3, -0.25) is 4.79 Å². The SMILES string of the molecule is CCC(Nc1ccccc1SCC(N)=O)c1cccs1. The summed E-state index contributed by atoms with van der Waals surface area (Å²) in [6.07, 6.45) is 1.01. The summed E-state index contributed by atoms with van der Waals surface area (Å²) in [5.41, 5.74) is 6.27. The van der Waals surface area contributed by atoms with Crippen LogP contribution in [-0.4, -0.2) is 11.7 Å².